The zero-order valence-corrected chi connectivity index (χ0v) is 12.2. The molecule has 1 saturated carbocycles. The quantitative estimate of drug-likeness (QED) is 0.778. The van der Waals surface area contributed by atoms with Gasteiger partial charge in [-0.1, -0.05) is 11.8 Å². The van der Waals surface area contributed by atoms with Gasteiger partial charge in [0.15, 0.2) is 0 Å². The highest BCUT2D eigenvalue weighted by molar-refractivity contribution is 7.89. The number of aliphatic hydroxyl groups is 1. The Bertz CT molecular complexity index is 577. The van der Waals surface area contributed by atoms with Gasteiger partial charge in [0, 0.05) is 23.4 Å². The zero-order valence-electron chi connectivity index (χ0n) is 10.6. The predicted octanol–water partition coefficient (Wildman–Crippen LogP) is 1.31. The molecule has 4 nitrogen and oxygen atoms in total. The fourth-order valence-electron chi connectivity index (χ4n) is 1.63. The van der Waals surface area contributed by atoms with Crippen LogP contribution >= 0.6 is 11.3 Å². The lowest BCUT2D eigenvalue weighted by molar-refractivity contribution is 0.305. The molecule has 19 heavy (non-hydrogen) atoms. The molecule has 1 heterocycles. The van der Waals surface area contributed by atoms with Crippen LogP contribution in [0.5, 0.6) is 0 Å². The van der Waals surface area contributed by atoms with Crippen molar-refractivity contribution in [3.8, 4) is 11.8 Å². The molecule has 1 aliphatic carbocycles. The summed E-state index contributed by atoms with van der Waals surface area (Å²) in [6, 6.07) is 1.87. The van der Waals surface area contributed by atoms with Crippen molar-refractivity contribution in [3.05, 3.63) is 21.9 Å². The van der Waals surface area contributed by atoms with Crippen molar-refractivity contribution in [2.24, 2.45) is 5.92 Å². The Labute approximate surface area is 117 Å². The van der Waals surface area contributed by atoms with E-state index in [0.29, 0.717) is 18.9 Å². The van der Waals surface area contributed by atoms with Crippen molar-refractivity contribution < 1.29 is 13.5 Å². The van der Waals surface area contributed by atoms with Crippen LogP contribution in [0.3, 0.4) is 0 Å². The highest BCUT2D eigenvalue weighted by Crippen LogP contribution is 2.30. The summed E-state index contributed by atoms with van der Waals surface area (Å²) in [5.41, 5.74) is 0.840. The number of aliphatic hydroxyl groups excluding tert-OH is 1. The number of hydrogen-bond donors (Lipinski definition) is 2. The third-order valence-corrected chi connectivity index (χ3v) is 5.23. The highest BCUT2D eigenvalue weighted by atomic mass is 32.2. The normalized spacial score (nSPS) is 15.0. The van der Waals surface area contributed by atoms with E-state index >= 15 is 0 Å². The van der Waals surface area contributed by atoms with Crippen LogP contribution in [0, 0.1) is 17.8 Å². The standard InChI is InChI=1S/C13H17NO3S2/c15-7-2-1-3-12-6-8-18-13(12)9-14-19(16,17)10-11-4-5-11/h6,8,11,14-15H,2,4-5,7,9-10H2. The van der Waals surface area contributed by atoms with Gasteiger partial charge in [-0.15, -0.1) is 11.3 Å². The average Bonchev–Trinajstić information content (AvgIpc) is 3.04. The molecule has 6 heteroatoms. The van der Waals surface area contributed by atoms with Crippen molar-refractivity contribution in [1.82, 2.24) is 4.72 Å². The van der Waals surface area contributed by atoms with E-state index in [4.69, 9.17) is 5.11 Å². The minimum absolute atomic E-state index is 0.0422. The molecule has 0 saturated heterocycles. The Morgan fingerprint density at radius 1 is 1.47 bits per heavy atom. The monoisotopic (exact) mass is 299 g/mol. The lowest BCUT2D eigenvalue weighted by Crippen LogP contribution is -2.26. The Balaban J connectivity index is 1.92. The van der Waals surface area contributed by atoms with Gasteiger partial charge in [-0.2, -0.15) is 0 Å². The van der Waals surface area contributed by atoms with Crippen molar-refractivity contribution >= 4 is 21.4 Å². The van der Waals surface area contributed by atoms with Crippen LogP contribution in [0.2, 0.25) is 0 Å². The summed E-state index contributed by atoms with van der Waals surface area (Å²) in [5.74, 6) is 6.39. The molecule has 0 atom stereocenters. The van der Waals surface area contributed by atoms with Gasteiger partial charge in [-0.3, -0.25) is 0 Å². The summed E-state index contributed by atoms with van der Waals surface area (Å²) in [4.78, 5) is 0.921. The Morgan fingerprint density at radius 3 is 2.95 bits per heavy atom. The van der Waals surface area contributed by atoms with E-state index in [0.717, 1.165) is 23.3 Å². The molecule has 1 fully saturated rings. The van der Waals surface area contributed by atoms with Gasteiger partial charge in [0.1, 0.15) is 0 Å². The van der Waals surface area contributed by atoms with Crippen LogP contribution in [0.4, 0.5) is 0 Å². The number of hydrogen-bond acceptors (Lipinski definition) is 4. The second kappa shape index (κ2) is 6.53. The first kappa shape index (κ1) is 14.5. The molecule has 0 amide bonds. The first-order chi connectivity index (χ1) is 9.11. The average molecular weight is 299 g/mol. The van der Waals surface area contributed by atoms with Crippen LogP contribution in [0.25, 0.3) is 0 Å². The van der Waals surface area contributed by atoms with Gasteiger partial charge in [-0.25, -0.2) is 13.1 Å². The topological polar surface area (TPSA) is 66.4 Å². The Morgan fingerprint density at radius 2 is 2.26 bits per heavy atom. The maximum absolute atomic E-state index is 11.8. The smallest absolute Gasteiger partial charge is 0.212 e. The zero-order chi connectivity index (χ0) is 13.7. The minimum atomic E-state index is -3.17. The molecule has 0 bridgehead atoms. The molecule has 0 radical (unpaired) electrons. The summed E-state index contributed by atoms with van der Waals surface area (Å²) < 4.78 is 26.2. The van der Waals surface area contributed by atoms with Gasteiger partial charge in [0.2, 0.25) is 10.0 Å². The summed E-state index contributed by atoms with van der Waals surface area (Å²) in [6.45, 7) is 0.344. The minimum Gasteiger partial charge on any atom is -0.395 e. The van der Waals surface area contributed by atoms with E-state index in [1.807, 2.05) is 11.4 Å². The molecule has 2 rings (SSSR count). The first-order valence-corrected chi connectivity index (χ1v) is 8.77. The fraction of sp³-hybridized carbons (Fsp3) is 0.538. The molecular formula is C13H17NO3S2. The van der Waals surface area contributed by atoms with E-state index in [1.165, 1.54) is 11.3 Å². The van der Waals surface area contributed by atoms with E-state index in [9.17, 15) is 8.42 Å². The SMILES string of the molecule is O=S(=O)(CC1CC1)NCc1sccc1C#CCCO. The van der Waals surface area contributed by atoms with Crippen molar-refractivity contribution in [2.75, 3.05) is 12.4 Å². The molecule has 0 aromatic carbocycles. The molecule has 0 spiro atoms. The Hall–Kier alpha value is -0.870. The summed E-state index contributed by atoms with van der Waals surface area (Å²) in [5, 5.41) is 10.6. The molecule has 1 aromatic heterocycles. The number of sulfonamides is 1. The highest BCUT2D eigenvalue weighted by Gasteiger charge is 2.27. The maximum atomic E-state index is 11.8. The molecule has 0 aliphatic heterocycles. The van der Waals surface area contributed by atoms with Gasteiger partial charge >= 0.3 is 0 Å². The molecule has 2 N–H and O–H groups in total. The summed E-state index contributed by atoms with van der Waals surface area (Å²) in [7, 11) is -3.17. The third-order valence-electron chi connectivity index (χ3n) is 2.81. The van der Waals surface area contributed by atoms with Gasteiger partial charge in [0.25, 0.3) is 0 Å². The van der Waals surface area contributed by atoms with E-state index in [-0.39, 0.29) is 12.4 Å². The molecule has 0 unspecified atom stereocenters. The third kappa shape index (κ3) is 4.96. The van der Waals surface area contributed by atoms with Gasteiger partial charge < -0.3 is 5.11 Å². The fourth-order valence-corrected chi connectivity index (χ4v) is 3.93. The number of nitrogens with one attached hydrogen (secondary N) is 1. The second-order valence-corrected chi connectivity index (χ2v) is 7.43. The number of thiophene rings is 1. The predicted molar refractivity (Wildman–Crippen MR) is 76.3 cm³/mol. The van der Waals surface area contributed by atoms with Crippen LogP contribution in [0.15, 0.2) is 11.4 Å². The molecular weight excluding hydrogens is 282 g/mol. The lowest BCUT2D eigenvalue weighted by Gasteiger charge is -2.04. The lowest BCUT2D eigenvalue weighted by atomic mass is 10.2. The maximum Gasteiger partial charge on any atom is 0.212 e. The Kier molecular flexibility index (Phi) is 4.99. The van der Waals surface area contributed by atoms with Crippen LogP contribution in [-0.4, -0.2) is 25.9 Å². The van der Waals surface area contributed by atoms with Gasteiger partial charge in [0.05, 0.1) is 12.4 Å². The van der Waals surface area contributed by atoms with Crippen LogP contribution < -0.4 is 4.72 Å². The van der Waals surface area contributed by atoms with E-state index < -0.39 is 10.0 Å². The molecule has 1 aromatic rings. The first-order valence-electron chi connectivity index (χ1n) is 6.24. The van der Waals surface area contributed by atoms with E-state index in [1.54, 1.807) is 0 Å². The molecule has 1 aliphatic rings. The number of rotatable bonds is 6. The summed E-state index contributed by atoms with van der Waals surface area (Å²) in [6.07, 6.45) is 2.48. The van der Waals surface area contributed by atoms with Crippen molar-refractivity contribution in [1.29, 1.82) is 0 Å². The van der Waals surface area contributed by atoms with Crippen molar-refractivity contribution in [3.63, 3.8) is 0 Å². The summed E-state index contributed by atoms with van der Waals surface area (Å²) >= 11 is 1.49. The largest absolute Gasteiger partial charge is 0.395 e. The second-order valence-electron chi connectivity index (χ2n) is 4.58. The van der Waals surface area contributed by atoms with Crippen LogP contribution in [0.1, 0.15) is 29.7 Å². The van der Waals surface area contributed by atoms with Gasteiger partial charge in [-0.05, 0) is 30.2 Å². The van der Waals surface area contributed by atoms with Crippen molar-refractivity contribution in [2.45, 2.75) is 25.8 Å². The van der Waals surface area contributed by atoms with E-state index in [2.05, 4.69) is 16.6 Å². The molecule has 104 valence electrons. The van der Waals surface area contributed by atoms with Crippen LogP contribution in [-0.2, 0) is 16.6 Å².